The molecule has 3 heterocycles. The predicted molar refractivity (Wildman–Crippen MR) is 121 cm³/mol. The molecule has 184 valence electrons. The highest BCUT2D eigenvalue weighted by molar-refractivity contribution is 6.02. The molecule has 0 spiro atoms. The van der Waals surface area contributed by atoms with Crippen LogP contribution in [0.15, 0.2) is 42.5 Å². The fraction of sp³-hybridized carbons (Fsp3) is 0.360. The molecule has 3 atom stereocenters. The van der Waals surface area contributed by atoms with Crippen LogP contribution in [0.25, 0.3) is 10.9 Å². The third kappa shape index (κ3) is 3.96. The number of aromatic nitrogens is 1. The number of aromatic amines is 1. The molecule has 10 heteroatoms. The SMILES string of the molecule is Cc1[nH]c2ccc(OC(F)(F)F)cc2c1CCN1C(=O)[C@H](C(N)=O)[C@H]2C[C@@]1(C)Oc1ccccc12. The molecule has 1 saturated heterocycles. The van der Waals surface area contributed by atoms with E-state index in [1.165, 1.54) is 23.1 Å². The van der Waals surface area contributed by atoms with E-state index in [1.807, 2.05) is 32.0 Å². The number of aryl methyl sites for hydroxylation is 1. The van der Waals surface area contributed by atoms with Gasteiger partial charge in [-0.3, -0.25) is 9.59 Å². The zero-order valence-corrected chi connectivity index (χ0v) is 19.1. The minimum atomic E-state index is -4.80. The number of hydrogen-bond donors (Lipinski definition) is 2. The van der Waals surface area contributed by atoms with Crippen LogP contribution in [0.2, 0.25) is 0 Å². The molecule has 2 aromatic carbocycles. The molecule has 1 aromatic heterocycles. The van der Waals surface area contributed by atoms with Crippen LogP contribution in [-0.4, -0.2) is 40.3 Å². The first-order valence-electron chi connectivity index (χ1n) is 11.2. The molecule has 2 amide bonds. The molecule has 5 rings (SSSR count). The van der Waals surface area contributed by atoms with E-state index >= 15 is 0 Å². The number of nitrogens with two attached hydrogens (primary N) is 1. The summed E-state index contributed by atoms with van der Waals surface area (Å²) in [6.07, 6.45) is -4.08. The number of nitrogens with one attached hydrogen (secondary N) is 1. The van der Waals surface area contributed by atoms with Crippen molar-refractivity contribution in [1.82, 2.24) is 9.88 Å². The Morgan fingerprint density at radius 3 is 2.74 bits per heavy atom. The minimum Gasteiger partial charge on any atom is -0.468 e. The second kappa shape index (κ2) is 7.93. The van der Waals surface area contributed by atoms with Gasteiger partial charge in [0.1, 0.15) is 17.4 Å². The number of para-hydroxylation sites is 1. The molecule has 35 heavy (non-hydrogen) atoms. The summed E-state index contributed by atoms with van der Waals surface area (Å²) in [4.78, 5) is 30.6. The van der Waals surface area contributed by atoms with Gasteiger partial charge in [-0.25, -0.2) is 0 Å². The van der Waals surface area contributed by atoms with Gasteiger partial charge in [-0.1, -0.05) is 18.2 Å². The maximum Gasteiger partial charge on any atom is 0.573 e. The lowest BCUT2D eigenvalue weighted by Gasteiger charge is -2.52. The van der Waals surface area contributed by atoms with Crippen LogP contribution in [0, 0.1) is 12.8 Å². The molecule has 3 aromatic rings. The second-order valence-corrected chi connectivity index (χ2v) is 9.23. The molecule has 2 bridgehead atoms. The Hall–Kier alpha value is -3.69. The van der Waals surface area contributed by atoms with Crippen molar-refractivity contribution in [3.8, 4) is 11.5 Å². The summed E-state index contributed by atoms with van der Waals surface area (Å²) in [5.74, 6) is -2.24. The van der Waals surface area contributed by atoms with Gasteiger partial charge >= 0.3 is 6.36 Å². The highest BCUT2D eigenvalue weighted by Crippen LogP contribution is 2.50. The molecule has 0 aliphatic carbocycles. The number of likely N-dealkylation sites (tertiary alicyclic amines) is 1. The molecule has 1 fully saturated rings. The van der Waals surface area contributed by atoms with Gasteiger partial charge in [-0.05, 0) is 55.7 Å². The van der Waals surface area contributed by atoms with Crippen LogP contribution in [0.5, 0.6) is 11.5 Å². The number of H-pyrrole nitrogens is 1. The topological polar surface area (TPSA) is 97.6 Å². The fourth-order valence-corrected chi connectivity index (χ4v) is 5.48. The smallest absolute Gasteiger partial charge is 0.468 e. The number of hydrogen-bond acceptors (Lipinski definition) is 4. The van der Waals surface area contributed by atoms with Crippen LogP contribution in [0.1, 0.15) is 36.1 Å². The van der Waals surface area contributed by atoms with Crippen molar-refractivity contribution in [2.24, 2.45) is 11.7 Å². The first-order valence-corrected chi connectivity index (χ1v) is 11.2. The van der Waals surface area contributed by atoms with Gasteiger partial charge in [0.15, 0.2) is 5.72 Å². The lowest BCUT2D eigenvalue weighted by molar-refractivity contribution is -0.274. The number of benzene rings is 2. The highest BCUT2D eigenvalue weighted by Gasteiger charge is 2.55. The zero-order valence-electron chi connectivity index (χ0n) is 19.1. The van der Waals surface area contributed by atoms with E-state index in [4.69, 9.17) is 10.5 Å². The van der Waals surface area contributed by atoms with E-state index in [0.29, 0.717) is 29.5 Å². The number of carbonyl (C=O) groups is 2. The van der Waals surface area contributed by atoms with E-state index in [0.717, 1.165) is 16.8 Å². The summed E-state index contributed by atoms with van der Waals surface area (Å²) in [5, 5.41) is 0.568. The molecule has 0 saturated carbocycles. The number of piperidine rings is 1. The Balaban J connectivity index is 1.48. The number of alkyl halides is 3. The number of halogens is 3. The van der Waals surface area contributed by atoms with Crippen molar-refractivity contribution in [3.05, 3.63) is 59.3 Å². The maximum absolute atomic E-state index is 13.5. The van der Waals surface area contributed by atoms with Crippen LogP contribution < -0.4 is 15.2 Å². The number of primary amides is 1. The third-order valence-corrected chi connectivity index (χ3v) is 6.97. The molecule has 2 aliphatic rings. The molecular formula is C25H24F3N3O4. The zero-order chi connectivity index (χ0) is 25.1. The average Bonchev–Trinajstić information content (AvgIpc) is 3.06. The number of fused-ring (bicyclic) bond motifs is 5. The molecule has 0 unspecified atom stereocenters. The largest absolute Gasteiger partial charge is 0.573 e. The fourth-order valence-electron chi connectivity index (χ4n) is 5.48. The van der Waals surface area contributed by atoms with E-state index in [-0.39, 0.29) is 18.2 Å². The van der Waals surface area contributed by atoms with Crippen molar-refractivity contribution < 1.29 is 32.2 Å². The van der Waals surface area contributed by atoms with E-state index in [9.17, 15) is 22.8 Å². The standard InChI is InChI=1S/C25H24F3N3O4/c1-13-15(17-11-14(34-25(26,27)28)7-8-19(17)30-13)9-10-31-23(33)21(22(29)32)18-12-24(31,2)35-20-6-4-3-5-16(18)20/h3-8,11,18,21,30H,9-10,12H2,1-2H3,(H2,29,32)/t18-,21-,24+/m0/s1. The minimum absolute atomic E-state index is 0.187. The lowest BCUT2D eigenvalue weighted by Crippen LogP contribution is -2.64. The number of ether oxygens (including phenoxy) is 2. The third-order valence-electron chi connectivity index (χ3n) is 6.97. The maximum atomic E-state index is 13.5. The average molecular weight is 487 g/mol. The van der Waals surface area contributed by atoms with Crippen LogP contribution in [0.4, 0.5) is 13.2 Å². The summed E-state index contributed by atoms with van der Waals surface area (Å²) < 4.78 is 48.5. The Labute approximate surface area is 199 Å². The highest BCUT2D eigenvalue weighted by atomic mass is 19.4. The van der Waals surface area contributed by atoms with Crippen LogP contribution >= 0.6 is 0 Å². The Morgan fingerprint density at radius 2 is 2.03 bits per heavy atom. The van der Waals surface area contributed by atoms with Gasteiger partial charge < -0.3 is 25.1 Å². The van der Waals surface area contributed by atoms with Gasteiger partial charge in [0.25, 0.3) is 0 Å². The van der Waals surface area contributed by atoms with Gasteiger partial charge in [0.05, 0.1) is 0 Å². The first kappa shape index (κ1) is 23.1. The summed E-state index contributed by atoms with van der Waals surface area (Å²) in [6.45, 7) is 3.81. The van der Waals surface area contributed by atoms with Gasteiger partial charge in [0, 0.05) is 35.5 Å². The number of rotatable bonds is 5. The summed E-state index contributed by atoms with van der Waals surface area (Å²) in [7, 11) is 0. The molecule has 0 radical (unpaired) electrons. The second-order valence-electron chi connectivity index (χ2n) is 9.23. The van der Waals surface area contributed by atoms with Gasteiger partial charge in [0.2, 0.25) is 11.8 Å². The number of amides is 2. The van der Waals surface area contributed by atoms with E-state index in [1.54, 1.807) is 6.07 Å². The quantitative estimate of drug-likeness (QED) is 0.529. The molecular weight excluding hydrogens is 463 g/mol. The van der Waals surface area contributed by atoms with Crippen molar-refractivity contribution in [1.29, 1.82) is 0 Å². The Kier molecular flexibility index (Phi) is 5.23. The predicted octanol–water partition coefficient (Wildman–Crippen LogP) is 4.14. The van der Waals surface area contributed by atoms with Crippen molar-refractivity contribution >= 4 is 22.7 Å². The summed E-state index contributed by atoms with van der Waals surface area (Å²) in [5.41, 5.74) is 7.63. The van der Waals surface area contributed by atoms with Crippen molar-refractivity contribution in [2.45, 2.75) is 44.7 Å². The monoisotopic (exact) mass is 487 g/mol. The first-order chi connectivity index (χ1) is 16.5. The molecule has 2 aliphatic heterocycles. The normalized spacial score (nSPS) is 23.7. The van der Waals surface area contributed by atoms with Gasteiger partial charge in [-0.15, -0.1) is 13.2 Å². The molecule has 7 nitrogen and oxygen atoms in total. The lowest BCUT2D eigenvalue weighted by atomic mass is 9.73. The summed E-state index contributed by atoms with van der Waals surface area (Å²) >= 11 is 0. The van der Waals surface area contributed by atoms with Gasteiger partial charge in [-0.2, -0.15) is 0 Å². The van der Waals surface area contributed by atoms with E-state index in [2.05, 4.69) is 9.72 Å². The van der Waals surface area contributed by atoms with E-state index < -0.39 is 29.8 Å². The van der Waals surface area contributed by atoms with Crippen molar-refractivity contribution in [2.75, 3.05) is 6.54 Å². The Bertz CT molecular complexity index is 1340. The summed E-state index contributed by atoms with van der Waals surface area (Å²) in [6, 6.07) is 11.4. The number of carbonyl (C=O) groups excluding carboxylic acids is 2. The van der Waals surface area contributed by atoms with Crippen molar-refractivity contribution in [3.63, 3.8) is 0 Å². The van der Waals surface area contributed by atoms with Crippen LogP contribution in [-0.2, 0) is 16.0 Å². The Morgan fingerprint density at radius 1 is 1.29 bits per heavy atom. The van der Waals surface area contributed by atoms with Crippen LogP contribution in [0.3, 0.4) is 0 Å². The molecule has 3 N–H and O–H groups in total. The number of nitrogens with zero attached hydrogens (tertiary/aromatic N) is 1.